The number of rotatable bonds is 6. The fourth-order valence-electron chi connectivity index (χ4n) is 2.26. The van der Waals surface area contributed by atoms with E-state index in [0.29, 0.717) is 0 Å². The van der Waals surface area contributed by atoms with Gasteiger partial charge >= 0.3 is 0 Å². The molecule has 3 nitrogen and oxygen atoms in total. The first kappa shape index (κ1) is 18.4. The normalized spacial score (nSPS) is 16.0. The van der Waals surface area contributed by atoms with Crippen LogP contribution >= 0.6 is 0 Å². The summed E-state index contributed by atoms with van der Waals surface area (Å²) in [6, 6.07) is 8.78. The number of nitrogens with zero attached hydrogens (tertiary/aromatic N) is 1. The molecule has 0 heterocycles. The van der Waals surface area contributed by atoms with E-state index < -0.39 is 17.9 Å². The molecule has 0 amide bonds. The molecule has 0 spiro atoms. The highest BCUT2D eigenvalue weighted by atomic mass is 32.2. The summed E-state index contributed by atoms with van der Waals surface area (Å²) in [6.07, 6.45) is 1.31. The van der Waals surface area contributed by atoms with Crippen LogP contribution in [0.5, 0.6) is 0 Å². The molecule has 21 heavy (non-hydrogen) atoms. The first-order valence-electron chi connectivity index (χ1n) is 7.41. The van der Waals surface area contributed by atoms with Crippen molar-refractivity contribution in [3.05, 3.63) is 29.8 Å². The molecule has 0 bridgehead atoms. The van der Waals surface area contributed by atoms with Gasteiger partial charge < -0.3 is 0 Å². The SMILES string of the molecule is C[C@H]([C@H](C)S(C)(=O)=O)N(C)Cc1ccc([Si](C)(C)C)cc1. The van der Waals surface area contributed by atoms with Crippen LogP contribution in [0.1, 0.15) is 19.4 Å². The fourth-order valence-corrected chi connectivity index (χ4v) is 4.35. The predicted octanol–water partition coefficient (Wildman–Crippen LogP) is 2.49. The lowest BCUT2D eigenvalue weighted by Gasteiger charge is -2.29. The van der Waals surface area contributed by atoms with Gasteiger partial charge in [-0.15, -0.1) is 0 Å². The molecule has 1 aromatic rings. The van der Waals surface area contributed by atoms with Gasteiger partial charge in [-0.25, -0.2) is 8.42 Å². The van der Waals surface area contributed by atoms with Crippen molar-refractivity contribution in [2.45, 2.75) is 51.3 Å². The molecule has 1 rings (SSSR count). The van der Waals surface area contributed by atoms with Crippen molar-refractivity contribution < 1.29 is 8.42 Å². The standard InChI is InChI=1S/C16H29NO2SSi/c1-13(14(2)20(4,18)19)17(3)12-15-8-10-16(11-9-15)21(5,6)7/h8-11,13-14H,12H2,1-7H3/t13-,14+/m1/s1. The quantitative estimate of drug-likeness (QED) is 0.753. The Balaban J connectivity index is 2.77. The Bertz CT molecular complexity index is 561. The molecule has 0 radical (unpaired) electrons. The van der Waals surface area contributed by atoms with Gasteiger partial charge in [0.1, 0.15) is 0 Å². The highest BCUT2D eigenvalue weighted by molar-refractivity contribution is 7.91. The third-order valence-corrected chi connectivity index (χ3v) is 8.11. The van der Waals surface area contributed by atoms with E-state index in [4.69, 9.17) is 0 Å². The lowest BCUT2D eigenvalue weighted by Crippen LogP contribution is -2.41. The van der Waals surface area contributed by atoms with Crippen LogP contribution in [0.2, 0.25) is 19.6 Å². The van der Waals surface area contributed by atoms with Gasteiger partial charge in [0.15, 0.2) is 9.84 Å². The first-order valence-corrected chi connectivity index (χ1v) is 12.9. The smallest absolute Gasteiger partial charge is 0.151 e. The molecule has 1 aromatic carbocycles. The van der Waals surface area contributed by atoms with Crippen molar-refractivity contribution in [1.29, 1.82) is 0 Å². The van der Waals surface area contributed by atoms with E-state index >= 15 is 0 Å². The number of hydrogen-bond acceptors (Lipinski definition) is 3. The molecule has 5 heteroatoms. The zero-order valence-corrected chi connectivity index (χ0v) is 16.2. The van der Waals surface area contributed by atoms with Crippen molar-refractivity contribution in [1.82, 2.24) is 4.90 Å². The monoisotopic (exact) mass is 327 g/mol. The molecule has 0 fully saturated rings. The molecule has 0 N–H and O–H groups in total. The molecule has 2 atom stereocenters. The van der Waals surface area contributed by atoms with Crippen molar-refractivity contribution in [2.75, 3.05) is 13.3 Å². The minimum absolute atomic E-state index is 0.00309. The van der Waals surface area contributed by atoms with Gasteiger partial charge in [0, 0.05) is 18.8 Å². The maximum atomic E-state index is 11.7. The molecule has 0 aliphatic heterocycles. The van der Waals surface area contributed by atoms with Gasteiger partial charge in [-0.3, -0.25) is 4.90 Å². The summed E-state index contributed by atoms with van der Waals surface area (Å²) < 4.78 is 23.3. The Morgan fingerprint density at radius 3 is 1.95 bits per heavy atom. The second kappa shape index (κ2) is 6.63. The highest BCUT2D eigenvalue weighted by Crippen LogP contribution is 2.13. The Hall–Kier alpha value is -0.653. The molecular formula is C16H29NO2SSi. The third kappa shape index (κ3) is 5.24. The zero-order valence-electron chi connectivity index (χ0n) is 14.3. The Morgan fingerprint density at radius 1 is 1.10 bits per heavy atom. The predicted molar refractivity (Wildman–Crippen MR) is 94.7 cm³/mol. The molecule has 0 saturated carbocycles. The van der Waals surface area contributed by atoms with Gasteiger partial charge in [0.25, 0.3) is 0 Å². The van der Waals surface area contributed by atoms with Gasteiger partial charge in [0.05, 0.1) is 13.3 Å². The largest absolute Gasteiger partial charge is 0.298 e. The van der Waals surface area contributed by atoms with Crippen LogP contribution in [-0.4, -0.2) is 46.0 Å². The maximum Gasteiger partial charge on any atom is 0.151 e. The summed E-state index contributed by atoms with van der Waals surface area (Å²) in [5, 5.41) is 1.09. The van der Waals surface area contributed by atoms with Crippen LogP contribution in [0, 0.1) is 0 Å². The van der Waals surface area contributed by atoms with E-state index in [0.717, 1.165) is 6.54 Å². The molecule has 0 aliphatic rings. The van der Waals surface area contributed by atoms with Crippen LogP contribution in [0.4, 0.5) is 0 Å². The van der Waals surface area contributed by atoms with Gasteiger partial charge in [-0.1, -0.05) is 49.1 Å². The molecule has 0 aromatic heterocycles. The number of sulfone groups is 1. The summed E-state index contributed by atoms with van der Waals surface area (Å²) in [5.74, 6) is 0. The fraction of sp³-hybridized carbons (Fsp3) is 0.625. The summed E-state index contributed by atoms with van der Waals surface area (Å²) in [5.41, 5.74) is 1.23. The summed E-state index contributed by atoms with van der Waals surface area (Å²) >= 11 is 0. The van der Waals surface area contributed by atoms with E-state index in [1.165, 1.54) is 17.0 Å². The Morgan fingerprint density at radius 2 is 1.57 bits per heavy atom. The molecular weight excluding hydrogens is 298 g/mol. The summed E-state index contributed by atoms with van der Waals surface area (Å²) in [6.45, 7) is 11.5. The van der Waals surface area contributed by atoms with Gasteiger partial charge in [-0.2, -0.15) is 0 Å². The summed E-state index contributed by atoms with van der Waals surface area (Å²) in [7, 11) is -2.27. The molecule has 0 saturated heterocycles. The van der Waals surface area contributed by atoms with Crippen LogP contribution in [0.15, 0.2) is 24.3 Å². The zero-order chi connectivity index (χ0) is 16.4. The number of hydrogen-bond donors (Lipinski definition) is 0. The van der Waals surface area contributed by atoms with Crippen molar-refractivity contribution in [3.8, 4) is 0 Å². The lowest BCUT2D eigenvalue weighted by molar-refractivity contribution is 0.245. The van der Waals surface area contributed by atoms with E-state index in [9.17, 15) is 8.42 Å². The van der Waals surface area contributed by atoms with E-state index in [1.54, 1.807) is 6.92 Å². The van der Waals surface area contributed by atoms with E-state index in [2.05, 4.69) is 48.8 Å². The van der Waals surface area contributed by atoms with Gasteiger partial charge in [-0.05, 0) is 26.5 Å². The average Bonchev–Trinajstić information content (AvgIpc) is 2.35. The van der Waals surface area contributed by atoms with Crippen molar-refractivity contribution in [2.24, 2.45) is 0 Å². The minimum Gasteiger partial charge on any atom is -0.298 e. The van der Waals surface area contributed by atoms with Crippen LogP contribution in [-0.2, 0) is 16.4 Å². The molecule has 0 aliphatic carbocycles. The van der Waals surface area contributed by atoms with Crippen LogP contribution in [0.3, 0.4) is 0 Å². The van der Waals surface area contributed by atoms with E-state index in [-0.39, 0.29) is 11.3 Å². The van der Waals surface area contributed by atoms with Crippen LogP contribution in [0.25, 0.3) is 0 Å². The highest BCUT2D eigenvalue weighted by Gasteiger charge is 2.25. The van der Waals surface area contributed by atoms with Crippen molar-refractivity contribution in [3.63, 3.8) is 0 Å². The topological polar surface area (TPSA) is 37.4 Å². The molecule has 120 valence electrons. The number of benzene rings is 1. The van der Waals surface area contributed by atoms with Gasteiger partial charge in [0.2, 0.25) is 0 Å². The third-order valence-electron chi connectivity index (χ3n) is 4.30. The summed E-state index contributed by atoms with van der Waals surface area (Å²) in [4.78, 5) is 2.11. The minimum atomic E-state index is -3.00. The average molecular weight is 328 g/mol. The van der Waals surface area contributed by atoms with Crippen LogP contribution < -0.4 is 5.19 Å². The van der Waals surface area contributed by atoms with Crippen molar-refractivity contribution >= 4 is 23.1 Å². The molecule has 0 unspecified atom stereocenters. The lowest BCUT2D eigenvalue weighted by atomic mass is 10.1. The maximum absolute atomic E-state index is 11.7. The second-order valence-corrected chi connectivity index (χ2v) is 14.6. The second-order valence-electron chi connectivity index (χ2n) is 7.14. The Labute approximate surface area is 131 Å². The Kier molecular flexibility index (Phi) is 5.81. The first-order chi connectivity index (χ1) is 9.43. The van der Waals surface area contributed by atoms with E-state index in [1.807, 2.05) is 14.0 Å².